The van der Waals surface area contributed by atoms with Crippen LogP contribution in [0.5, 0.6) is 0 Å². The predicted octanol–water partition coefficient (Wildman–Crippen LogP) is 3.26. The van der Waals surface area contributed by atoms with Gasteiger partial charge in [0.1, 0.15) is 6.10 Å². The lowest BCUT2D eigenvalue weighted by Gasteiger charge is -2.67. The summed E-state index contributed by atoms with van der Waals surface area (Å²) in [5, 5.41) is 0. The fourth-order valence-electron chi connectivity index (χ4n) is 11.2. The number of rotatable bonds is 8. The van der Waals surface area contributed by atoms with E-state index >= 15 is 0 Å². The number of ether oxygens (including phenoxy) is 6. The molecule has 12 atom stereocenters. The molecule has 9 heteroatoms. The first-order valence-corrected chi connectivity index (χ1v) is 15.3. The zero-order valence-electron chi connectivity index (χ0n) is 25.4. The van der Waals surface area contributed by atoms with Gasteiger partial charge in [0.25, 0.3) is 0 Å². The van der Waals surface area contributed by atoms with Crippen LogP contribution >= 0.6 is 0 Å². The molecule has 4 saturated carbocycles. The van der Waals surface area contributed by atoms with E-state index in [1.807, 2.05) is 39.5 Å². The molecule has 3 unspecified atom stereocenters. The first-order chi connectivity index (χ1) is 20.3. The van der Waals surface area contributed by atoms with Gasteiger partial charge in [-0.15, -0.1) is 0 Å². The maximum atomic E-state index is 13.7. The molecule has 7 bridgehead atoms. The Morgan fingerprint density at radius 1 is 1.02 bits per heavy atom. The van der Waals surface area contributed by atoms with Crippen molar-refractivity contribution in [2.45, 2.75) is 74.8 Å². The summed E-state index contributed by atoms with van der Waals surface area (Å²) in [6.07, 6.45) is 2.95. The van der Waals surface area contributed by atoms with Gasteiger partial charge in [-0.25, -0.2) is 4.79 Å². The van der Waals surface area contributed by atoms with Crippen LogP contribution < -0.4 is 0 Å². The van der Waals surface area contributed by atoms with E-state index in [1.54, 1.807) is 19.2 Å². The number of likely N-dealkylation sites (N-methyl/N-ethyl adjacent to an activating group) is 1. The molecular weight excluding hydrogens is 538 g/mol. The smallest absolute Gasteiger partial charge is 0.338 e. The quantitative estimate of drug-likeness (QED) is 0.339. The van der Waals surface area contributed by atoms with E-state index in [4.69, 9.17) is 28.4 Å². The molecule has 9 nitrogen and oxygen atoms in total. The molecule has 1 saturated heterocycles. The third-order valence-electron chi connectivity index (χ3n) is 12.1. The van der Waals surface area contributed by atoms with Crippen LogP contribution in [0.1, 0.15) is 43.5 Å². The second kappa shape index (κ2) is 9.86. The van der Waals surface area contributed by atoms with E-state index in [2.05, 4.69) is 17.9 Å². The summed E-state index contributed by atoms with van der Waals surface area (Å²) in [7, 11) is 7.12. The first-order valence-electron chi connectivity index (χ1n) is 15.3. The highest BCUT2D eigenvalue weighted by atomic mass is 16.6. The number of hydrogen-bond donors (Lipinski definition) is 0. The minimum atomic E-state index is -1.16. The summed E-state index contributed by atoms with van der Waals surface area (Å²) in [6, 6.07) is 9.16. The molecule has 0 radical (unpaired) electrons. The van der Waals surface area contributed by atoms with Gasteiger partial charge in [0.2, 0.25) is 0 Å². The Labute approximate surface area is 247 Å². The predicted molar refractivity (Wildman–Crippen MR) is 152 cm³/mol. The lowest BCUT2D eigenvalue weighted by molar-refractivity contribution is -0.265. The van der Waals surface area contributed by atoms with E-state index in [0.717, 1.165) is 25.9 Å². The number of carbonyl (C=O) groups excluding carboxylic acids is 2. The average molecular weight is 582 g/mol. The summed E-state index contributed by atoms with van der Waals surface area (Å²) in [4.78, 5) is 29.1. The SMILES string of the molecule is CCN1C[C@]2(OC)CCC(OC)C34C1[C@H](C1=C[C@H](OC)[C@@]5(OC(C)=O)C[C@@H]3[C@@H]1[C@H]5OC(=O)c1ccccc1)[C@H](OC)[C@@H]42. The third-order valence-corrected chi connectivity index (χ3v) is 12.1. The Morgan fingerprint density at radius 2 is 1.79 bits per heavy atom. The van der Waals surface area contributed by atoms with Gasteiger partial charge in [0.15, 0.2) is 11.7 Å². The third kappa shape index (κ3) is 3.32. The van der Waals surface area contributed by atoms with Crippen molar-refractivity contribution < 1.29 is 38.0 Å². The minimum absolute atomic E-state index is 0.0163. The van der Waals surface area contributed by atoms with Crippen molar-refractivity contribution in [3.05, 3.63) is 47.5 Å². The van der Waals surface area contributed by atoms with Crippen molar-refractivity contribution >= 4 is 11.9 Å². The number of hydrogen-bond acceptors (Lipinski definition) is 9. The summed E-state index contributed by atoms with van der Waals surface area (Å²) in [6.45, 7) is 5.35. The Bertz CT molecular complexity index is 1290. The van der Waals surface area contributed by atoms with E-state index in [0.29, 0.717) is 12.0 Å². The number of carbonyl (C=O) groups is 2. The molecule has 1 aliphatic heterocycles. The fraction of sp³-hybridized carbons (Fsp3) is 0.697. The van der Waals surface area contributed by atoms with Crippen LogP contribution in [0, 0.1) is 29.1 Å². The van der Waals surface area contributed by atoms with Gasteiger partial charge >= 0.3 is 11.9 Å². The van der Waals surface area contributed by atoms with Crippen LogP contribution in [-0.2, 0) is 33.2 Å². The zero-order chi connectivity index (χ0) is 29.6. The van der Waals surface area contributed by atoms with Gasteiger partial charge in [-0.05, 0) is 43.9 Å². The van der Waals surface area contributed by atoms with Gasteiger partial charge in [-0.2, -0.15) is 0 Å². The maximum Gasteiger partial charge on any atom is 0.338 e. The zero-order valence-corrected chi connectivity index (χ0v) is 25.4. The number of fused-ring (bicyclic) bond motifs is 2. The number of likely N-dealkylation sites (tertiary alicyclic amines) is 1. The van der Waals surface area contributed by atoms with Crippen LogP contribution in [0.15, 0.2) is 42.0 Å². The number of esters is 2. The monoisotopic (exact) mass is 581 g/mol. The summed E-state index contributed by atoms with van der Waals surface area (Å²) < 4.78 is 38.5. The van der Waals surface area contributed by atoms with Crippen molar-refractivity contribution in [3.63, 3.8) is 0 Å². The maximum absolute atomic E-state index is 13.7. The summed E-state index contributed by atoms with van der Waals surface area (Å²) in [5.41, 5.74) is -0.284. The molecule has 1 spiro atoms. The summed E-state index contributed by atoms with van der Waals surface area (Å²) in [5.74, 6) is -0.946. The minimum Gasteiger partial charge on any atom is -0.454 e. The molecule has 6 aliphatic rings. The fourth-order valence-corrected chi connectivity index (χ4v) is 11.2. The second-order valence-electron chi connectivity index (χ2n) is 13.1. The number of piperidine rings is 1. The van der Waals surface area contributed by atoms with Crippen molar-refractivity contribution in [3.8, 4) is 0 Å². The molecule has 0 aromatic heterocycles. The van der Waals surface area contributed by atoms with Crippen LogP contribution in [0.4, 0.5) is 0 Å². The van der Waals surface area contributed by atoms with E-state index in [-0.39, 0.29) is 47.3 Å². The lowest BCUT2D eigenvalue weighted by Crippen LogP contribution is -2.75. The molecule has 1 heterocycles. The van der Waals surface area contributed by atoms with Crippen LogP contribution in [0.3, 0.4) is 0 Å². The molecule has 7 rings (SSSR count). The number of nitrogens with zero attached hydrogens (tertiary/aromatic N) is 1. The Balaban J connectivity index is 1.46. The highest BCUT2D eigenvalue weighted by molar-refractivity contribution is 5.89. The van der Waals surface area contributed by atoms with E-state index in [9.17, 15) is 9.59 Å². The number of benzene rings is 1. The molecule has 1 aromatic carbocycles. The Kier molecular flexibility index (Phi) is 6.68. The molecule has 5 aliphatic carbocycles. The molecule has 1 aromatic rings. The highest BCUT2D eigenvalue weighted by Gasteiger charge is 2.85. The standard InChI is InChI=1S/C33H43NO8/c1-7-34-17-31(40-6)14-13-22(37-3)33-21-16-32(42-18(2)35)23(38-4)15-20(25(28(33)34)26(39-5)27(31)33)24(21)29(32)41-30(36)19-11-9-8-10-12-19/h8-12,15,21-29H,7,13-14,16-17H2,1-6H3/t21-,22?,23+,24-,25-,26+,27-,28?,29-,31-,32+,33?/m1/s1. The molecule has 228 valence electrons. The Hall–Kier alpha value is -2.30. The highest BCUT2D eigenvalue weighted by Crippen LogP contribution is 2.77. The molecule has 0 amide bonds. The van der Waals surface area contributed by atoms with Crippen molar-refractivity contribution in [2.24, 2.45) is 29.1 Å². The van der Waals surface area contributed by atoms with E-state index < -0.39 is 35.3 Å². The summed E-state index contributed by atoms with van der Waals surface area (Å²) >= 11 is 0. The molecular formula is C33H43NO8. The van der Waals surface area contributed by atoms with Crippen molar-refractivity contribution in [2.75, 3.05) is 41.5 Å². The van der Waals surface area contributed by atoms with Gasteiger partial charge in [0.05, 0.1) is 23.4 Å². The normalized spacial score (nSPS) is 46.2. The van der Waals surface area contributed by atoms with Crippen molar-refractivity contribution in [1.29, 1.82) is 0 Å². The largest absolute Gasteiger partial charge is 0.454 e. The van der Waals surface area contributed by atoms with Crippen LogP contribution in [0.2, 0.25) is 0 Å². The van der Waals surface area contributed by atoms with Crippen LogP contribution in [0.25, 0.3) is 0 Å². The van der Waals surface area contributed by atoms with Gasteiger partial charge < -0.3 is 28.4 Å². The molecule has 0 N–H and O–H groups in total. The van der Waals surface area contributed by atoms with Crippen LogP contribution in [-0.4, -0.2) is 100 Å². The lowest BCUT2D eigenvalue weighted by atomic mass is 9.47. The van der Waals surface area contributed by atoms with Gasteiger partial charge in [-0.1, -0.05) is 36.8 Å². The number of methoxy groups -OCH3 is 4. The second-order valence-corrected chi connectivity index (χ2v) is 13.1. The van der Waals surface area contributed by atoms with Gasteiger partial charge in [-0.3, -0.25) is 9.69 Å². The van der Waals surface area contributed by atoms with E-state index in [1.165, 1.54) is 12.5 Å². The topological polar surface area (TPSA) is 92.8 Å². The van der Waals surface area contributed by atoms with Gasteiger partial charge in [0, 0.05) is 71.1 Å². The van der Waals surface area contributed by atoms with Crippen molar-refractivity contribution in [1.82, 2.24) is 4.90 Å². The first kappa shape index (κ1) is 28.5. The average Bonchev–Trinajstić information content (AvgIpc) is 3.34. The molecule has 42 heavy (non-hydrogen) atoms. The Morgan fingerprint density at radius 3 is 2.40 bits per heavy atom. The molecule has 5 fully saturated rings.